The number of alkyl halides is 7. The van der Waals surface area contributed by atoms with E-state index in [4.69, 9.17) is 0 Å². The van der Waals surface area contributed by atoms with Gasteiger partial charge in [0.05, 0.1) is 11.4 Å². The Hall–Kier alpha value is -2.97. The topological polar surface area (TPSA) is 87.2 Å². The van der Waals surface area contributed by atoms with Crippen molar-refractivity contribution in [2.24, 2.45) is 0 Å². The van der Waals surface area contributed by atoms with E-state index in [2.05, 4.69) is 15.3 Å². The first kappa shape index (κ1) is 28.0. The van der Waals surface area contributed by atoms with Crippen molar-refractivity contribution in [3.63, 3.8) is 0 Å². The fraction of sp³-hybridized carbons (Fsp3) is 0.565. The maximum Gasteiger partial charge on any atom is 0.405 e. The molecule has 208 valence electrons. The molecule has 0 bridgehead atoms. The van der Waals surface area contributed by atoms with Crippen LogP contribution in [0.2, 0.25) is 0 Å². The SMILES string of the molecule is CC1CC(F)(F)CN1C(=O)c1nc(C(=O)NC2CCCC2)sc1-c1cnc(NCC(F)(F)F)cc1C(F)F. The smallest absolute Gasteiger partial charge is 0.361 e. The second-order valence-electron chi connectivity index (χ2n) is 9.42. The quantitative estimate of drug-likeness (QED) is 0.422. The molecular formula is C23H24F7N5O2S. The largest absolute Gasteiger partial charge is 0.405 e. The fourth-order valence-electron chi connectivity index (χ4n) is 4.61. The van der Waals surface area contributed by atoms with Crippen molar-refractivity contribution in [3.8, 4) is 10.4 Å². The molecule has 1 unspecified atom stereocenters. The summed E-state index contributed by atoms with van der Waals surface area (Å²) in [4.78, 5) is 34.7. The Bertz CT molecular complexity index is 1200. The molecule has 4 rings (SSSR count). The molecule has 38 heavy (non-hydrogen) atoms. The van der Waals surface area contributed by atoms with Crippen molar-refractivity contribution in [3.05, 3.63) is 28.5 Å². The number of nitrogens with zero attached hydrogens (tertiary/aromatic N) is 3. The molecule has 1 saturated heterocycles. The molecule has 0 spiro atoms. The summed E-state index contributed by atoms with van der Waals surface area (Å²) in [6.07, 6.45) is -4.27. The molecule has 1 atom stereocenters. The maximum absolute atomic E-state index is 14.0. The van der Waals surface area contributed by atoms with Crippen LogP contribution in [0.1, 0.15) is 71.3 Å². The molecule has 2 aliphatic rings. The molecular weight excluding hydrogens is 543 g/mol. The molecule has 15 heteroatoms. The number of thiazole rings is 1. The molecule has 2 aromatic rings. The summed E-state index contributed by atoms with van der Waals surface area (Å²) in [6, 6.07) is -0.294. The van der Waals surface area contributed by atoms with E-state index in [1.54, 1.807) is 0 Å². The Balaban J connectivity index is 1.74. The van der Waals surface area contributed by atoms with Gasteiger partial charge in [-0.25, -0.2) is 27.5 Å². The molecule has 1 saturated carbocycles. The number of anilines is 1. The van der Waals surface area contributed by atoms with Crippen molar-refractivity contribution in [1.29, 1.82) is 0 Å². The van der Waals surface area contributed by atoms with Crippen LogP contribution in [0.3, 0.4) is 0 Å². The molecule has 0 radical (unpaired) electrons. The van der Waals surface area contributed by atoms with E-state index < -0.39 is 73.0 Å². The number of carbonyl (C=O) groups is 2. The average molecular weight is 568 g/mol. The zero-order valence-corrected chi connectivity index (χ0v) is 20.9. The summed E-state index contributed by atoms with van der Waals surface area (Å²) in [5, 5.41) is 4.47. The van der Waals surface area contributed by atoms with Gasteiger partial charge in [0.1, 0.15) is 18.1 Å². The van der Waals surface area contributed by atoms with Gasteiger partial charge in [-0.1, -0.05) is 12.8 Å². The van der Waals surface area contributed by atoms with Crippen LogP contribution in [0.5, 0.6) is 0 Å². The second kappa shape index (κ2) is 10.7. The molecule has 1 aliphatic carbocycles. The second-order valence-corrected chi connectivity index (χ2v) is 10.4. The van der Waals surface area contributed by atoms with Crippen LogP contribution >= 0.6 is 11.3 Å². The number of amides is 2. The highest BCUT2D eigenvalue weighted by Gasteiger charge is 2.46. The van der Waals surface area contributed by atoms with Crippen LogP contribution in [0.25, 0.3) is 10.4 Å². The van der Waals surface area contributed by atoms with Gasteiger partial charge in [0.2, 0.25) is 0 Å². The normalized spacial score (nSPS) is 19.8. The van der Waals surface area contributed by atoms with Gasteiger partial charge in [-0.05, 0) is 25.8 Å². The first-order valence-corrected chi connectivity index (χ1v) is 12.7. The monoisotopic (exact) mass is 567 g/mol. The lowest BCUT2D eigenvalue weighted by atomic mass is 10.1. The molecule has 2 fully saturated rings. The van der Waals surface area contributed by atoms with Crippen LogP contribution in [0.15, 0.2) is 12.3 Å². The number of pyridine rings is 1. The van der Waals surface area contributed by atoms with E-state index in [9.17, 15) is 40.3 Å². The number of hydrogen-bond donors (Lipinski definition) is 2. The van der Waals surface area contributed by atoms with Crippen LogP contribution in [0, 0.1) is 0 Å². The predicted octanol–water partition coefficient (Wildman–Crippen LogP) is 5.66. The lowest BCUT2D eigenvalue weighted by molar-refractivity contribution is -0.115. The fourth-order valence-corrected chi connectivity index (χ4v) is 5.60. The third-order valence-electron chi connectivity index (χ3n) is 6.39. The van der Waals surface area contributed by atoms with Crippen LogP contribution < -0.4 is 10.6 Å². The van der Waals surface area contributed by atoms with Crippen molar-refractivity contribution in [2.75, 3.05) is 18.4 Å². The van der Waals surface area contributed by atoms with Crippen LogP contribution in [-0.2, 0) is 0 Å². The number of carbonyl (C=O) groups excluding carboxylic acids is 2. The van der Waals surface area contributed by atoms with Gasteiger partial charge in [-0.3, -0.25) is 9.59 Å². The van der Waals surface area contributed by atoms with E-state index in [-0.39, 0.29) is 21.5 Å². The van der Waals surface area contributed by atoms with E-state index in [0.29, 0.717) is 17.4 Å². The standard InChI is InChI=1S/C23H24F7N5O2S/c1-11-7-22(26,27)10-35(11)21(37)16-17(38-20(34-16)19(36)33-12-4-2-3-5-12)14-8-31-15(6-13(14)18(24)25)32-9-23(28,29)30/h6,8,11-12,18H,2-5,7,9-10H2,1H3,(H,31,32)(H,33,36). The molecule has 2 aromatic heterocycles. The van der Waals surface area contributed by atoms with Gasteiger partial charge >= 0.3 is 6.18 Å². The Morgan fingerprint density at radius 3 is 2.50 bits per heavy atom. The van der Waals surface area contributed by atoms with Crippen molar-refractivity contribution >= 4 is 29.0 Å². The van der Waals surface area contributed by atoms with E-state index >= 15 is 0 Å². The first-order valence-electron chi connectivity index (χ1n) is 11.8. The number of halogens is 7. The van der Waals surface area contributed by atoms with Gasteiger partial charge in [-0.15, -0.1) is 11.3 Å². The minimum atomic E-state index is -4.63. The Labute approximate surface area is 216 Å². The van der Waals surface area contributed by atoms with Gasteiger partial charge in [0.25, 0.3) is 24.2 Å². The van der Waals surface area contributed by atoms with Gasteiger partial charge in [0, 0.05) is 35.8 Å². The molecule has 2 N–H and O–H groups in total. The van der Waals surface area contributed by atoms with E-state index in [1.165, 1.54) is 6.92 Å². The highest BCUT2D eigenvalue weighted by Crippen LogP contribution is 2.40. The Morgan fingerprint density at radius 2 is 1.92 bits per heavy atom. The Kier molecular flexibility index (Phi) is 7.86. The predicted molar refractivity (Wildman–Crippen MR) is 125 cm³/mol. The van der Waals surface area contributed by atoms with Gasteiger partial charge in [-0.2, -0.15) is 13.2 Å². The lowest BCUT2D eigenvalue weighted by Gasteiger charge is -2.20. The molecule has 2 amide bonds. The summed E-state index contributed by atoms with van der Waals surface area (Å²) in [5.41, 5.74) is -1.57. The van der Waals surface area contributed by atoms with Gasteiger partial charge in [0.15, 0.2) is 5.01 Å². The zero-order chi connectivity index (χ0) is 27.8. The molecule has 7 nitrogen and oxygen atoms in total. The summed E-state index contributed by atoms with van der Waals surface area (Å²) in [5.74, 6) is -5.25. The summed E-state index contributed by atoms with van der Waals surface area (Å²) in [7, 11) is 0. The number of hydrogen-bond acceptors (Lipinski definition) is 6. The van der Waals surface area contributed by atoms with E-state index in [1.807, 2.05) is 5.32 Å². The molecule has 3 heterocycles. The first-order chi connectivity index (χ1) is 17.7. The third kappa shape index (κ3) is 6.35. The minimum Gasteiger partial charge on any atom is -0.361 e. The summed E-state index contributed by atoms with van der Waals surface area (Å²) >= 11 is 0.615. The number of rotatable bonds is 7. The summed E-state index contributed by atoms with van der Waals surface area (Å²) < 4.78 is 93.8. The number of likely N-dealkylation sites (tertiary alicyclic amines) is 1. The number of nitrogens with one attached hydrogen (secondary N) is 2. The highest BCUT2D eigenvalue weighted by molar-refractivity contribution is 7.17. The maximum atomic E-state index is 14.0. The average Bonchev–Trinajstić information content (AvgIpc) is 3.55. The third-order valence-corrected chi connectivity index (χ3v) is 7.48. The van der Waals surface area contributed by atoms with Crippen molar-refractivity contribution < 1.29 is 40.3 Å². The molecule has 0 aromatic carbocycles. The van der Waals surface area contributed by atoms with Crippen molar-refractivity contribution in [2.45, 2.75) is 69.6 Å². The summed E-state index contributed by atoms with van der Waals surface area (Å²) in [6.45, 7) is -1.02. The minimum absolute atomic E-state index is 0.122. The highest BCUT2D eigenvalue weighted by atomic mass is 32.1. The van der Waals surface area contributed by atoms with Crippen LogP contribution in [0.4, 0.5) is 36.6 Å². The number of aromatic nitrogens is 2. The van der Waals surface area contributed by atoms with Crippen LogP contribution in [-0.4, -0.2) is 64.0 Å². The van der Waals surface area contributed by atoms with Crippen molar-refractivity contribution in [1.82, 2.24) is 20.2 Å². The van der Waals surface area contributed by atoms with Gasteiger partial charge < -0.3 is 15.5 Å². The zero-order valence-electron chi connectivity index (χ0n) is 20.0. The lowest BCUT2D eigenvalue weighted by Crippen LogP contribution is -2.36. The molecule has 1 aliphatic heterocycles. The van der Waals surface area contributed by atoms with E-state index in [0.717, 1.165) is 36.8 Å². The Morgan fingerprint density at radius 1 is 1.24 bits per heavy atom.